The Morgan fingerprint density at radius 2 is 1.63 bits per heavy atom. The molecular formula is C20H31F3N2O2. The highest BCUT2D eigenvalue weighted by Gasteiger charge is 2.42. The molecule has 4 nitrogen and oxygen atoms in total. The summed E-state index contributed by atoms with van der Waals surface area (Å²) in [6, 6.07) is 5.17. The summed E-state index contributed by atoms with van der Waals surface area (Å²) in [6.45, 7) is 10.5. The van der Waals surface area contributed by atoms with Gasteiger partial charge in [0.25, 0.3) is 0 Å². The number of benzene rings is 1. The van der Waals surface area contributed by atoms with Crippen molar-refractivity contribution in [3.8, 4) is 0 Å². The molecule has 1 heterocycles. The number of nitrogens with zero attached hydrogens (tertiary/aromatic N) is 1. The molecular weight excluding hydrogens is 357 g/mol. The minimum Gasteiger partial charge on any atom is -0.352 e. The van der Waals surface area contributed by atoms with Crippen LogP contribution < -0.4 is 5.32 Å². The highest BCUT2D eigenvalue weighted by atomic mass is 19.4. The third-order valence-electron chi connectivity index (χ3n) is 4.98. The number of rotatable bonds is 8. The van der Waals surface area contributed by atoms with Crippen LogP contribution in [0.5, 0.6) is 0 Å². The Morgan fingerprint density at radius 3 is 2.19 bits per heavy atom. The molecule has 7 heteroatoms. The molecule has 0 spiro atoms. The molecule has 1 aromatic rings. The second-order valence-corrected chi connectivity index (χ2v) is 8.30. The van der Waals surface area contributed by atoms with E-state index in [1.807, 2.05) is 0 Å². The minimum absolute atomic E-state index is 0.0219. The van der Waals surface area contributed by atoms with Crippen LogP contribution >= 0.6 is 0 Å². The summed E-state index contributed by atoms with van der Waals surface area (Å²) < 4.78 is 43.1. The average Bonchev–Trinajstić information content (AvgIpc) is 2.55. The molecule has 1 N–H and O–H groups in total. The molecule has 0 saturated carbocycles. The van der Waals surface area contributed by atoms with Gasteiger partial charge >= 0.3 is 6.18 Å². The lowest BCUT2D eigenvalue weighted by molar-refractivity contribution is -0.315. The molecule has 0 atom stereocenters. The smallest absolute Gasteiger partial charge is 0.352 e. The normalized spacial score (nSPS) is 20.0. The summed E-state index contributed by atoms with van der Waals surface area (Å²) in [5.74, 6) is 0. The Hall–Kier alpha value is -1.15. The first kappa shape index (κ1) is 22.1. The van der Waals surface area contributed by atoms with E-state index >= 15 is 0 Å². The molecule has 0 aliphatic carbocycles. The first-order valence-corrected chi connectivity index (χ1v) is 9.40. The quantitative estimate of drug-likeness (QED) is 0.515. The van der Waals surface area contributed by atoms with E-state index in [1.54, 1.807) is 0 Å². The molecule has 0 unspecified atom stereocenters. The Labute approximate surface area is 160 Å². The van der Waals surface area contributed by atoms with Gasteiger partial charge in [0.1, 0.15) is 0 Å². The van der Waals surface area contributed by atoms with Crippen LogP contribution in [0.4, 0.5) is 13.2 Å². The van der Waals surface area contributed by atoms with Crippen molar-refractivity contribution in [2.45, 2.75) is 70.8 Å². The summed E-state index contributed by atoms with van der Waals surface area (Å²) in [5.41, 5.74) is 0.129. The van der Waals surface area contributed by atoms with Gasteiger partial charge in [-0.3, -0.25) is 4.84 Å². The number of nitrogens with one attached hydrogen (secondary N) is 1. The number of halogens is 3. The zero-order valence-electron chi connectivity index (χ0n) is 16.7. The Bertz CT molecular complexity index is 570. The monoisotopic (exact) mass is 388 g/mol. The topological polar surface area (TPSA) is 33.7 Å². The van der Waals surface area contributed by atoms with Crippen molar-refractivity contribution in [3.05, 3.63) is 35.4 Å². The van der Waals surface area contributed by atoms with Crippen molar-refractivity contribution in [1.29, 1.82) is 0 Å². The van der Waals surface area contributed by atoms with Gasteiger partial charge in [-0.1, -0.05) is 12.1 Å². The molecule has 1 aromatic carbocycles. The van der Waals surface area contributed by atoms with Crippen molar-refractivity contribution in [2.75, 3.05) is 19.9 Å². The van der Waals surface area contributed by atoms with E-state index < -0.39 is 11.7 Å². The molecule has 2 rings (SSSR count). The number of hydrogen-bond acceptors (Lipinski definition) is 4. The predicted octanol–water partition coefficient (Wildman–Crippen LogP) is 4.74. The van der Waals surface area contributed by atoms with E-state index in [9.17, 15) is 13.2 Å². The summed E-state index contributed by atoms with van der Waals surface area (Å²) in [6.07, 6.45) is -0.928. The molecule has 0 amide bonds. The second kappa shape index (κ2) is 8.90. The molecule has 1 aliphatic rings. The molecule has 1 fully saturated rings. The molecule has 0 radical (unpaired) electrons. The van der Waals surface area contributed by atoms with Gasteiger partial charge in [-0.2, -0.15) is 18.2 Å². The molecule has 27 heavy (non-hydrogen) atoms. The van der Waals surface area contributed by atoms with E-state index in [2.05, 4.69) is 38.1 Å². The van der Waals surface area contributed by atoms with Crippen LogP contribution in [0.2, 0.25) is 0 Å². The number of hydrogen-bond donors (Lipinski definition) is 1. The van der Waals surface area contributed by atoms with Crippen LogP contribution in [-0.2, 0) is 22.3 Å². The van der Waals surface area contributed by atoms with E-state index in [0.717, 1.165) is 30.5 Å². The van der Waals surface area contributed by atoms with Crippen molar-refractivity contribution in [2.24, 2.45) is 0 Å². The lowest BCUT2D eigenvalue weighted by atomic mass is 9.82. The predicted molar refractivity (Wildman–Crippen MR) is 98.9 cm³/mol. The van der Waals surface area contributed by atoms with Gasteiger partial charge in [0.05, 0.1) is 12.2 Å². The summed E-state index contributed by atoms with van der Waals surface area (Å²) in [7, 11) is 0. The van der Waals surface area contributed by atoms with E-state index in [0.29, 0.717) is 19.7 Å². The van der Waals surface area contributed by atoms with Crippen LogP contribution in [0.15, 0.2) is 24.3 Å². The largest absolute Gasteiger partial charge is 0.416 e. The lowest BCUT2D eigenvalue weighted by Gasteiger charge is -2.51. The van der Waals surface area contributed by atoms with Crippen LogP contribution in [-0.4, -0.2) is 36.1 Å². The highest BCUT2D eigenvalue weighted by molar-refractivity contribution is 5.24. The van der Waals surface area contributed by atoms with Gasteiger partial charge in [0.15, 0.2) is 6.79 Å². The average molecular weight is 388 g/mol. The van der Waals surface area contributed by atoms with Gasteiger partial charge in [-0.15, -0.1) is 0 Å². The van der Waals surface area contributed by atoms with E-state index in [4.69, 9.17) is 9.57 Å². The zero-order chi connectivity index (χ0) is 20.1. The van der Waals surface area contributed by atoms with Gasteiger partial charge < -0.3 is 10.1 Å². The Balaban J connectivity index is 1.63. The van der Waals surface area contributed by atoms with Crippen molar-refractivity contribution in [3.63, 3.8) is 0 Å². The number of hydroxylamine groups is 2. The number of alkyl halides is 3. The molecule has 1 saturated heterocycles. The van der Waals surface area contributed by atoms with E-state index in [-0.39, 0.29) is 17.9 Å². The van der Waals surface area contributed by atoms with Crippen LogP contribution in [0.25, 0.3) is 0 Å². The van der Waals surface area contributed by atoms with Crippen molar-refractivity contribution >= 4 is 0 Å². The minimum atomic E-state index is -4.29. The zero-order valence-corrected chi connectivity index (χ0v) is 16.7. The maximum absolute atomic E-state index is 12.5. The van der Waals surface area contributed by atoms with Crippen molar-refractivity contribution in [1.82, 2.24) is 10.4 Å². The lowest BCUT2D eigenvalue weighted by Crippen LogP contribution is -2.58. The fraction of sp³-hybridized carbons (Fsp3) is 0.700. The van der Waals surface area contributed by atoms with E-state index in [1.165, 1.54) is 18.6 Å². The number of piperidine rings is 1. The maximum atomic E-state index is 12.5. The summed E-state index contributed by atoms with van der Waals surface area (Å²) in [4.78, 5) is 5.90. The molecule has 0 bridgehead atoms. The fourth-order valence-corrected chi connectivity index (χ4v) is 3.66. The molecule has 0 aromatic heterocycles. The number of ether oxygens (including phenoxy) is 1. The fourth-order valence-electron chi connectivity index (χ4n) is 3.66. The Morgan fingerprint density at radius 1 is 1.04 bits per heavy atom. The summed E-state index contributed by atoms with van der Waals surface area (Å²) in [5, 5.41) is 5.21. The second-order valence-electron chi connectivity index (χ2n) is 8.30. The first-order chi connectivity index (χ1) is 12.5. The third-order valence-corrected chi connectivity index (χ3v) is 4.98. The molecule has 1 aliphatic heterocycles. The standard InChI is InChI=1S/C20H31F3N2O2/c1-18(2)10-5-11-19(3,4)25(18)27-15-26-13-12-24-14-16-6-8-17(9-7-16)20(21,22)23/h6-9,24H,5,10-15H2,1-4H3. The van der Waals surface area contributed by atoms with Gasteiger partial charge in [-0.05, 0) is 64.7 Å². The third kappa shape index (κ3) is 6.45. The SMILES string of the molecule is CC1(C)CCCC(C)(C)N1OCOCCNCc1ccc(C(F)(F)F)cc1. The van der Waals surface area contributed by atoms with Crippen LogP contribution in [0.3, 0.4) is 0 Å². The summed E-state index contributed by atoms with van der Waals surface area (Å²) >= 11 is 0. The molecule has 154 valence electrons. The van der Waals surface area contributed by atoms with Gasteiger partial charge in [0.2, 0.25) is 0 Å². The van der Waals surface area contributed by atoms with Crippen LogP contribution in [0.1, 0.15) is 58.1 Å². The Kier molecular flexibility index (Phi) is 7.30. The maximum Gasteiger partial charge on any atom is 0.416 e. The highest BCUT2D eigenvalue weighted by Crippen LogP contribution is 2.38. The first-order valence-electron chi connectivity index (χ1n) is 9.40. The van der Waals surface area contributed by atoms with Gasteiger partial charge in [-0.25, -0.2) is 0 Å². The van der Waals surface area contributed by atoms with Crippen molar-refractivity contribution < 1.29 is 22.7 Å². The van der Waals surface area contributed by atoms with Crippen LogP contribution in [0, 0.1) is 0 Å². The van der Waals surface area contributed by atoms with Gasteiger partial charge in [0, 0.05) is 24.2 Å².